The van der Waals surface area contributed by atoms with Gasteiger partial charge in [-0.3, -0.25) is 9.78 Å². The number of pyridine rings is 2. The third kappa shape index (κ3) is 2.44. The summed E-state index contributed by atoms with van der Waals surface area (Å²) in [5, 5.41) is 2.86. The van der Waals surface area contributed by atoms with Crippen molar-refractivity contribution in [3.63, 3.8) is 0 Å². The van der Waals surface area contributed by atoms with Gasteiger partial charge in [0.1, 0.15) is 11.6 Å². The minimum atomic E-state index is -0.0379. The van der Waals surface area contributed by atoms with Crippen molar-refractivity contribution in [2.24, 2.45) is 0 Å². The number of ether oxygens (including phenoxy) is 2. The molecule has 1 saturated heterocycles. The van der Waals surface area contributed by atoms with Crippen LogP contribution in [0.5, 0.6) is 5.88 Å². The number of carbonyl (C=O) groups excluding carboxylic acids is 1. The molecule has 0 spiro atoms. The van der Waals surface area contributed by atoms with E-state index >= 15 is 0 Å². The van der Waals surface area contributed by atoms with Crippen molar-refractivity contribution < 1.29 is 14.3 Å². The molecule has 1 amide bonds. The van der Waals surface area contributed by atoms with Gasteiger partial charge in [-0.15, -0.1) is 0 Å². The van der Waals surface area contributed by atoms with Gasteiger partial charge < -0.3 is 19.8 Å². The average molecular weight is 336 g/mol. The molecule has 0 aliphatic carbocycles. The number of amides is 1. The number of fused-ring (bicyclic) bond motifs is 2. The number of carbonyl (C=O) groups is 1. The van der Waals surface area contributed by atoms with Gasteiger partial charge in [-0.25, -0.2) is 4.98 Å². The number of rotatable bonds is 3. The van der Waals surface area contributed by atoms with Crippen LogP contribution in [0.15, 0.2) is 30.5 Å². The molecule has 7 nitrogen and oxygen atoms in total. The highest BCUT2D eigenvalue weighted by molar-refractivity contribution is 5.99. The maximum atomic E-state index is 12.0. The molecule has 0 aromatic carbocycles. The lowest BCUT2D eigenvalue weighted by Gasteiger charge is -2.26. The Labute approximate surface area is 143 Å². The molecule has 3 aromatic heterocycles. The maximum absolute atomic E-state index is 12.0. The molecule has 5 rings (SSSR count). The first kappa shape index (κ1) is 14.4. The summed E-state index contributed by atoms with van der Waals surface area (Å²) < 4.78 is 10.9. The lowest BCUT2D eigenvalue weighted by molar-refractivity contribution is -0.0812. The summed E-state index contributed by atoms with van der Waals surface area (Å²) in [5.41, 5.74) is 4.97. The molecule has 3 aromatic rings. The number of hydrogen-bond donors (Lipinski definition) is 2. The van der Waals surface area contributed by atoms with Gasteiger partial charge >= 0.3 is 0 Å². The van der Waals surface area contributed by atoms with E-state index in [0.717, 1.165) is 34.4 Å². The molecule has 2 aliphatic heterocycles. The van der Waals surface area contributed by atoms with Crippen molar-refractivity contribution in [1.82, 2.24) is 20.3 Å². The van der Waals surface area contributed by atoms with Crippen molar-refractivity contribution in [2.45, 2.75) is 12.5 Å². The van der Waals surface area contributed by atoms with E-state index in [-0.39, 0.29) is 12.0 Å². The van der Waals surface area contributed by atoms with Gasteiger partial charge in [-0.05, 0) is 18.2 Å². The molecule has 7 heteroatoms. The second kappa shape index (κ2) is 5.56. The normalized spacial score (nSPS) is 17.0. The van der Waals surface area contributed by atoms with Crippen molar-refractivity contribution in [2.75, 3.05) is 19.8 Å². The molecule has 0 radical (unpaired) electrons. The lowest BCUT2D eigenvalue weighted by atomic mass is 10.1. The molecule has 0 atom stereocenters. The first-order chi connectivity index (χ1) is 12.3. The summed E-state index contributed by atoms with van der Waals surface area (Å²) in [5.74, 6) is 0.521. The molecule has 0 bridgehead atoms. The van der Waals surface area contributed by atoms with Crippen LogP contribution in [0, 0.1) is 0 Å². The van der Waals surface area contributed by atoms with E-state index < -0.39 is 0 Å². The van der Waals surface area contributed by atoms with E-state index in [0.29, 0.717) is 31.2 Å². The van der Waals surface area contributed by atoms with Crippen LogP contribution in [0.1, 0.15) is 16.1 Å². The minimum absolute atomic E-state index is 0.0379. The second-order valence-electron chi connectivity index (χ2n) is 6.23. The number of nitrogens with one attached hydrogen (secondary N) is 2. The van der Waals surface area contributed by atoms with Crippen LogP contribution in [0.4, 0.5) is 0 Å². The van der Waals surface area contributed by atoms with E-state index in [1.807, 2.05) is 24.3 Å². The van der Waals surface area contributed by atoms with E-state index in [1.54, 1.807) is 6.20 Å². The fourth-order valence-electron chi connectivity index (χ4n) is 3.18. The largest absolute Gasteiger partial charge is 0.469 e. The zero-order valence-electron chi connectivity index (χ0n) is 13.4. The van der Waals surface area contributed by atoms with Crippen molar-refractivity contribution in [1.29, 1.82) is 0 Å². The third-order valence-electron chi connectivity index (χ3n) is 4.55. The van der Waals surface area contributed by atoms with E-state index in [1.165, 1.54) is 0 Å². The average Bonchev–Trinajstić information content (AvgIpc) is 3.03. The van der Waals surface area contributed by atoms with Crippen molar-refractivity contribution in [3.8, 4) is 17.1 Å². The Morgan fingerprint density at radius 2 is 2.12 bits per heavy atom. The summed E-state index contributed by atoms with van der Waals surface area (Å²) in [7, 11) is 0. The van der Waals surface area contributed by atoms with Gasteiger partial charge in [0.15, 0.2) is 0 Å². The molecule has 2 N–H and O–H groups in total. The maximum Gasteiger partial charge on any atom is 0.253 e. The molecule has 126 valence electrons. The highest BCUT2D eigenvalue weighted by Crippen LogP contribution is 2.30. The lowest BCUT2D eigenvalue weighted by Crippen LogP contribution is -2.38. The zero-order valence-corrected chi connectivity index (χ0v) is 13.4. The Morgan fingerprint density at radius 3 is 2.92 bits per heavy atom. The molecule has 0 unspecified atom stereocenters. The van der Waals surface area contributed by atoms with E-state index in [4.69, 9.17) is 9.47 Å². The first-order valence-electron chi connectivity index (χ1n) is 8.28. The Morgan fingerprint density at radius 1 is 1.20 bits per heavy atom. The zero-order chi connectivity index (χ0) is 16.8. The SMILES string of the molecule is O=C1NCCc2[nH]c(-c3ccnc4ccc(OC5COC5)nc34)cc21. The van der Waals surface area contributed by atoms with Crippen LogP contribution >= 0.6 is 0 Å². The Bertz CT molecular complexity index is 978. The highest BCUT2D eigenvalue weighted by atomic mass is 16.6. The molecule has 1 fully saturated rings. The van der Waals surface area contributed by atoms with Gasteiger partial charge in [-0.2, -0.15) is 0 Å². The van der Waals surface area contributed by atoms with Crippen LogP contribution < -0.4 is 10.1 Å². The van der Waals surface area contributed by atoms with Gasteiger partial charge in [0.2, 0.25) is 5.88 Å². The van der Waals surface area contributed by atoms with Crippen LogP contribution in [0.2, 0.25) is 0 Å². The fourth-order valence-corrected chi connectivity index (χ4v) is 3.18. The summed E-state index contributed by atoms with van der Waals surface area (Å²) in [6, 6.07) is 7.51. The number of nitrogens with zero attached hydrogens (tertiary/aromatic N) is 2. The first-order valence-corrected chi connectivity index (χ1v) is 8.28. The molecular weight excluding hydrogens is 320 g/mol. The quantitative estimate of drug-likeness (QED) is 0.760. The molecular formula is C18H16N4O3. The standard InChI is InChI=1S/C18H16N4O3/c23-18-12-7-15(21-13(12)4-6-20-18)11-3-5-19-14-1-2-16(22-17(11)14)25-10-8-24-9-10/h1-3,5,7,10,21H,4,6,8-9H2,(H,20,23). The Balaban J connectivity index is 1.60. The fraction of sp³-hybridized carbons (Fsp3) is 0.278. The predicted octanol–water partition coefficient (Wildman–Crippen LogP) is 1.69. The van der Waals surface area contributed by atoms with Crippen LogP contribution in [0.3, 0.4) is 0 Å². The van der Waals surface area contributed by atoms with Crippen LogP contribution in [0.25, 0.3) is 22.3 Å². The van der Waals surface area contributed by atoms with Crippen molar-refractivity contribution >= 4 is 16.9 Å². The monoisotopic (exact) mass is 336 g/mol. The molecule has 0 saturated carbocycles. The van der Waals surface area contributed by atoms with Gasteiger partial charge in [0, 0.05) is 42.2 Å². The highest BCUT2D eigenvalue weighted by Gasteiger charge is 2.22. The van der Waals surface area contributed by atoms with Gasteiger partial charge in [0.25, 0.3) is 5.91 Å². The topological polar surface area (TPSA) is 89.1 Å². The smallest absolute Gasteiger partial charge is 0.253 e. The van der Waals surface area contributed by atoms with E-state index in [9.17, 15) is 4.79 Å². The summed E-state index contributed by atoms with van der Waals surface area (Å²) in [6.07, 6.45) is 2.61. The molecule has 25 heavy (non-hydrogen) atoms. The third-order valence-corrected chi connectivity index (χ3v) is 4.55. The van der Waals surface area contributed by atoms with Gasteiger partial charge in [0.05, 0.1) is 24.3 Å². The predicted molar refractivity (Wildman–Crippen MR) is 90.6 cm³/mol. The van der Waals surface area contributed by atoms with E-state index in [2.05, 4.69) is 20.3 Å². The summed E-state index contributed by atoms with van der Waals surface area (Å²) in [6.45, 7) is 1.85. The summed E-state index contributed by atoms with van der Waals surface area (Å²) in [4.78, 5) is 24.4. The van der Waals surface area contributed by atoms with Crippen LogP contribution in [-0.2, 0) is 11.2 Å². The Kier molecular flexibility index (Phi) is 3.21. The number of H-pyrrole nitrogens is 1. The van der Waals surface area contributed by atoms with Crippen LogP contribution in [-0.4, -0.2) is 46.7 Å². The number of hydrogen-bond acceptors (Lipinski definition) is 5. The van der Waals surface area contributed by atoms with Crippen molar-refractivity contribution in [3.05, 3.63) is 41.7 Å². The Hall–Kier alpha value is -2.93. The van der Waals surface area contributed by atoms with Gasteiger partial charge in [-0.1, -0.05) is 0 Å². The molecule has 5 heterocycles. The number of aromatic amines is 1. The summed E-state index contributed by atoms with van der Waals surface area (Å²) >= 11 is 0. The minimum Gasteiger partial charge on any atom is -0.469 e. The number of aromatic nitrogens is 3. The second-order valence-corrected chi connectivity index (χ2v) is 6.23. The molecule has 2 aliphatic rings.